The molecule has 1 heterocycles. The van der Waals surface area contributed by atoms with Crippen LogP contribution in [-0.2, 0) is 11.2 Å². The quantitative estimate of drug-likeness (QED) is 0.278. The van der Waals surface area contributed by atoms with Gasteiger partial charge in [-0.2, -0.15) is 0 Å². The van der Waals surface area contributed by atoms with Gasteiger partial charge in [-0.1, -0.05) is 42.4 Å². The van der Waals surface area contributed by atoms with E-state index in [1.54, 1.807) is 12.1 Å². The van der Waals surface area contributed by atoms with Crippen LogP contribution in [0.25, 0.3) is 22.3 Å². The Kier molecular flexibility index (Phi) is 6.51. The molecule has 4 aromatic rings. The summed E-state index contributed by atoms with van der Waals surface area (Å²) in [7, 11) is 0. The number of thioether (sulfide) groups is 1. The Labute approximate surface area is 191 Å². The third kappa shape index (κ3) is 4.97. The van der Waals surface area contributed by atoms with Gasteiger partial charge in [0.15, 0.2) is 5.82 Å². The van der Waals surface area contributed by atoms with Crippen molar-refractivity contribution in [1.29, 1.82) is 0 Å². The number of rotatable bonds is 6. The summed E-state index contributed by atoms with van der Waals surface area (Å²) >= 11 is 1.38. The van der Waals surface area contributed by atoms with E-state index in [1.807, 2.05) is 44.2 Å². The van der Waals surface area contributed by atoms with Gasteiger partial charge in [0, 0.05) is 16.6 Å². The molecule has 1 aromatic heterocycles. The van der Waals surface area contributed by atoms with Gasteiger partial charge in [-0.3, -0.25) is 4.79 Å². The maximum atomic E-state index is 13.4. The third-order valence-corrected chi connectivity index (χ3v) is 6.22. The van der Waals surface area contributed by atoms with Crippen LogP contribution in [0.5, 0.6) is 0 Å². The fourth-order valence-corrected chi connectivity index (χ4v) is 4.29. The zero-order valence-electron chi connectivity index (χ0n) is 18.3. The lowest BCUT2D eigenvalue weighted by Gasteiger charge is -2.11. The zero-order chi connectivity index (χ0) is 22.7. The molecule has 32 heavy (non-hydrogen) atoms. The molecule has 0 saturated heterocycles. The molecule has 162 valence electrons. The minimum absolute atomic E-state index is 0.0938. The molecule has 0 aliphatic rings. The standard InChI is InChI=1S/C26H24FN3OS/c1-4-18-6-12-23-21(14-18)26(30-25(29-23)19-7-9-20(27)10-8-19)32-15-24(31)28-22-11-5-16(2)13-17(22)3/h5-14H,4,15H2,1-3H3,(H,28,31). The topological polar surface area (TPSA) is 54.9 Å². The minimum atomic E-state index is -0.306. The van der Waals surface area contributed by atoms with Gasteiger partial charge in [-0.15, -0.1) is 0 Å². The van der Waals surface area contributed by atoms with Crippen LogP contribution in [0.1, 0.15) is 23.6 Å². The molecule has 0 saturated carbocycles. The van der Waals surface area contributed by atoms with Gasteiger partial charge in [-0.25, -0.2) is 14.4 Å². The van der Waals surface area contributed by atoms with Crippen LogP contribution < -0.4 is 5.32 Å². The van der Waals surface area contributed by atoms with Crippen molar-refractivity contribution in [2.75, 3.05) is 11.1 Å². The molecule has 0 aliphatic carbocycles. The van der Waals surface area contributed by atoms with E-state index in [4.69, 9.17) is 4.98 Å². The van der Waals surface area contributed by atoms with Gasteiger partial charge < -0.3 is 5.32 Å². The Morgan fingerprint density at radius 3 is 2.50 bits per heavy atom. The number of nitrogens with one attached hydrogen (secondary N) is 1. The second-order valence-electron chi connectivity index (χ2n) is 7.72. The number of nitrogens with zero attached hydrogens (tertiary/aromatic N) is 2. The molecular weight excluding hydrogens is 421 g/mol. The number of hydrogen-bond donors (Lipinski definition) is 1. The number of fused-ring (bicyclic) bond motifs is 1. The maximum Gasteiger partial charge on any atom is 0.234 e. The fourth-order valence-electron chi connectivity index (χ4n) is 3.48. The Bertz CT molecular complexity index is 1290. The Hall–Kier alpha value is -3.25. The summed E-state index contributed by atoms with van der Waals surface area (Å²) in [5.41, 5.74) is 5.71. The highest BCUT2D eigenvalue weighted by molar-refractivity contribution is 8.00. The number of amides is 1. The van der Waals surface area contributed by atoms with Crippen molar-refractivity contribution in [1.82, 2.24) is 9.97 Å². The zero-order valence-corrected chi connectivity index (χ0v) is 19.1. The first-order valence-electron chi connectivity index (χ1n) is 10.5. The van der Waals surface area contributed by atoms with E-state index in [-0.39, 0.29) is 17.5 Å². The van der Waals surface area contributed by atoms with Crippen molar-refractivity contribution >= 4 is 34.3 Å². The highest BCUT2D eigenvalue weighted by Gasteiger charge is 2.13. The number of anilines is 1. The molecule has 1 N–H and O–H groups in total. The molecule has 6 heteroatoms. The number of carbonyl (C=O) groups is 1. The first kappa shape index (κ1) is 22.0. The van der Waals surface area contributed by atoms with Crippen LogP contribution in [0, 0.1) is 19.7 Å². The summed E-state index contributed by atoms with van der Waals surface area (Å²) in [6, 6.07) is 18.2. The van der Waals surface area contributed by atoms with Gasteiger partial charge in [-0.05, 0) is 73.9 Å². The van der Waals surface area contributed by atoms with Crippen LogP contribution in [0.3, 0.4) is 0 Å². The van der Waals surface area contributed by atoms with Crippen molar-refractivity contribution in [3.63, 3.8) is 0 Å². The molecule has 0 atom stereocenters. The molecule has 0 bridgehead atoms. The molecule has 0 radical (unpaired) electrons. The molecule has 1 amide bonds. The van der Waals surface area contributed by atoms with E-state index in [9.17, 15) is 9.18 Å². The third-order valence-electron chi connectivity index (χ3n) is 5.23. The number of aromatic nitrogens is 2. The first-order chi connectivity index (χ1) is 15.4. The summed E-state index contributed by atoms with van der Waals surface area (Å²) in [4.78, 5) is 22.1. The summed E-state index contributed by atoms with van der Waals surface area (Å²) in [6.07, 6.45) is 0.896. The smallest absolute Gasteiger partial charge is 0.234 e. The average Bonchev–Trinajstić information content (AvgIpc) is 2.79. The van der Waals surface area contributed by atoms with Crippen molar-refractivity contribution in [3.8, 4) is 11.4 Å². The lowest BCUT2D eigenvalue weighted by atomic mass is 10.1. The molecule has 0 spiro atoms. The summed E-state index contributed by atoms with van der Waals surface area (Å²) in [6.45, 7) is 6.10. The van der Waals surface area contributed by atoms with Crippen LogP contribution >= 0.6 is 11.8 Å². The fraction of sp³-hybridized carbons (Fsp3) is 0.192. The Morgan fingerprint density at radius 2 is 1.78 bits per heavy atom. The lowest BCUT2D eigenvalue weighted by molar-refractivity contribution is -0.113. The largest absolute Gasteiger partial charge is 0.325 e. The van der Waals surface area contributed by atoms with Crippen molar-refractivity contribution in [2.24, 2.45) is 0 Å². The Balaban J connectivity index is 1.63. The van der Waals surface area contributed by atoms with E-state index in [0.717, 1.165) is 44.7 Å². The highest BCUT2D eigenvalue weighted by Crippen LogP contribution is 2.30. The number of benzene rings is 3. The molecule has 4 nitrogen and oxygen atoms in total. The van der Waals surface area contributed by atoms with Crippen LogP contribution in [-0.4, -0.2) is 21.6 Å². The lowest BCUT2D eigenvalue weighted by Crippen LogP contribution is -2.15. The summed E-state index contributed by atoms with van der Waals surface area (Å²) < 4.78 is 13.4. The van der Waals surface area contributed by atoms with Gasteiger partial charge in [0.05, 0.1) is 11.3 Å². The van der Waals surface area contributed by atoms with Crippen molar-refractivity contribution in [3.05, 3.63) is 83.2 Å². The minimum Gasteiger partial charge on any atom is -0.325 e. The van der Waals surface area contributed by atoms with Gasteiger partial charge in [0.1, 0.15) is 10.8 Å². The SMILES string of the molecule is CCc1ccc2nc(-c3ccc(F)cc3)nc(SCC(=O)Nc3ccc(C)cc3C)c2c1. The second kappa shape index (κ2) is 9.49. The Morgan fingerprint density at radius 1 is 1.00 bits per heavy atom. The average molecular weight is 446 g/mol. The second-order valence-corrected chi connectivity index (χ2v) is 8.68. The molecule has 3 aromatic carbocycles. The number of halogens is 1. The van der Waals surface area contributed by atoms with E-state index in [0.29, 0.717) is 5.82 Å². The first-order valence-corrected chi connectivity index (χ1v) is 11.5. The van der Waals surface area contributed by atoms with Crippen molar-refractivity contribution < 1.29 is 9.18 Å². The van der Waals surface area contributed by atoms with Gasteiger partial charge in [0.25, 0.3) is 0 Å². The predicted octanol–water partition coefficient (Wildman–Crippen LogP) is 6.35. The highest BCUT2D eigenvalue weighted by atomic mass is 32.2. The normalized spacial score (nSPS) is 11.0. The molecular formula is C26H24FN3OS. The van der Waals surface area contributed by atoms with Crippen LogP contribution in [0.2, 0.25) is 0 Å². The van der Waals surface area contributed by atoms with Crippen LogP contribution in [0.4, 0.5) is 10.1 Å². The molecule has 0 unspecified atom stereocenters. The number of hydrogen-bond acceptors (Lipinski definition) is 4. The van der Waals surface area contributed by atoms with E-state index >= 15 is 0 Å². The summed E-state index contributed by atoms with van der Waals surface area (Å²) in [5, 5.41) is 4.64. The van der Waals surface area contributed by atoms with Gasteiger partial charge in [0.2, 0.25) is 5.91 Å². The molecule has 0 fully saturated rings. The monoisotopic (exact) mass is 445 g/mol. The summed E-state index contributed by atoms with van der Waals surface area (Å²) in [5.74, 6) is 0.334. The molecule has 4 rings (SSSR count). The van der Waals surface area contributed by atoms with Crippen LogP contribution in [0.15, 0.2) is 65.7 Å². The predicted molar refractivity (Wildman–Crippen MR) is 130 cm³/mol. The number of aryl methyl sites for hydroxylation is 3. The molecule has 0 aliphatic heterocycles. The number of carbonyl (C=O) groups excluding carboxylic acids is 1. The maximum absolute atomic E-state index is 13.4. The van der Waals surface area contributed by atoms with Gasteiger partial charge >= 0.3 is 0 Å². The van der Waals surface area contributed by atoms with E-state index < -0.39 is 0 Å². The van der Waals surface area contributed by atoms with Crippen molar-refractivity contribution in [2.45, 2.75) is 32.2 Å². The van der Waals surface area contributed by atoms with E-state index in [2.05, 4.69) is 23.3 Å². The van der Waals surface area contributed by atoms with E-state index in [1.165, 1.54) is 29.5 Å².